The monoisotopic (exact) mass is 400 g/mol. The number of carbonyl (C=O) groups is 1. The Kier molecular flexibility index (Phi) is 7.57. The number of hydrogen-bond donors (Lipinski definition) is 1. The lowest BCUT2D eigenvalue weighted by atomic mass is 10.2. The number of anilines is 2. The molecule has 0 aromatic heterocycles. The van der Waals surface area contributed by atoms with Crippen LogP contribution in [-0.4, -0.2) is 63.7 Å². The van der Waals surface area contributed by atoms with E-state index in [0.717, 1.165) is 49.9 Å². The Hall–Kier alpha value is -2.24. The molecular weight excluding hydrogens is 372 g/mol. The van der Waals surface area contributed by atoms with Gasteiger partial charge >= 0.3 is 0 Å². The highest BCUT2D eigenvalue weighted by Crippen LogP contribution is 2.25. The van der Waals surface area contributed by atoms with Crippen LogP contribution in [0.25, 0.3) is 0 Å². The summed E-state index contributed by atoms with van der Waals surface area (Å²) in [5.41, 5.74) is 2.28. The van der Waals surface area contributed by atoms with E-state index in [9.17, 15) is 4.79 Å². The molecule has 0 unspecified atom stereocenters. The first-order valence-corrected chi connectivity index (χ1v) is 10.3. The summed E-state index contributed by atoms with van der Waals surface area (Å²) >= 11 is 6.29. The molecule has 3 rings (SSSR count). The number of para-hydroxylation sites is 2. The quantitative estimate of drug-likeness (QED) is 0.691. The van der Waals surface area contributed by atoms with Gasteiger partial charge in [0.05, 0.1) is 17.3 Å². The minimum absolute atomic E-state index is 0.105. The van der Waals surface area contributed by atoms with Gasteiger partial charge in [-0.15, -0.1) is 0 Å². The molecule has 1 fully saturated rings. The molecule has 1 N–H and O–H groups in total. The summed E-state index contributed by atoms with van der Waals surface area (Å²) in [7, 11) is 2.08. The van der Waals surface area contributed by atoms with Gasteiger partial charge in [-0.3, -0.25) is 9.69 Å². The fraction of sp³-hybridized carbons (Fsp3) is 0.409. The van der Waals surface area contributed by atoms with Gasteiger partial charge in [-0.1, -0.05) is 41.9 Å². The largest absolute Gasteiger partial charge is 0.375 e. The Morgan fingerprint density at radius 1 is 1.04 bits per heavy atom. The number of piperazine rings is 1. The van der Waals surface area contributed by atoms with Crippen molar-refractivity contribution in [2.75, 3.05) is 62.7 Å². The van der Waals surface area contributed by atoms with Gasteiger partial charge in [0.25, 0.3) is 0 Å². The molecule has 6 heteroatoms. The van der Waals surface area contributed by atoms with E-state index in [-0.39, 0.29) is 5.91 Å². The molecule has 0 atom stereocenters. The van der Waals surface area contributed by atoms with Gasteiger partial charge in [0.15, 0.2) is 0 Å². The Labute approximate surface area is 172 Å². The van der Waals surface area contributed by atoms with E-state index in [2.05, 4.69) is 45.3 Å². The maximum absolute atomic E-state index is 12.2. The molecule has 0 bridgehead atoms. The van der Waals surface area contributed by atoms with Crippen LogP contribution < -0.4 is 15.1 Å². The van der Waals surface area contributed by atoms with Gasteiger partial charge in [-0.05, 0) is 30.7 Å². The Morgan fingerprint density at radius 2 is 1.71 bits per heavy atom. The van der Waals surface area contributed by atoms with Crippen molar-refractivity contribution >= 4 is 28.9 Å². The smallest absolute Gasteiger partial charge is 0.234 e. The van der Waals surface area contributed by atoms with Gasteiger partial charge in [-0.25, -0.2) is 0 Å². The Bertz CT molecular complexity index is 747. The number of benzene rings is 2. The molecule has 5 nitrogen and oxygen atoms in total. The third-order valence-corrected chi connectivity index (χ3v) is 5.44. The van der Waals surface area contributed by atoms with Crippen molar-refractivity contribution in [1.82, 2.24) is 10.2 Å². The van der Waals surface area contributed by atoms with E-state index < -0.39 is 0 Å². The van der Waals surface area contributed by atoms with E-state index in [0.29, 0.717) is 13.1 Å². The van der Waals surface area contributed by atoms with Crippen molar-refractivity contribution in [3.63, 3.8) is 0 Å². The zero-order valence-corrected chi connectivity index (χ0v) is 17.2. The summed E-state index contributed by atoms with van der Waals surface area (Å²) in [6.07, 6.45) is 0.928. The van der Waals surface area contributed by atoms with Crippen molar-refractivity contribution in [1.29, 1.82) is 0 Å². The van der Waals surface area contributed by atoms with Crippen molar-refractivity contribution in [2.45, 2.75) is 6.42 Å². The van der Waals surface area contributed by atoms with E-state index >= 15 is 0 Å². The highest BCUT2D eigenvalue weighted by atomic mass is 35.5. The summed E-state index contributed by atoms with van der Waals surface area (Å²) in [6.45, 7) is 5.60. The average Bonchev–Trinajstić information content (AvgIpc) is 2.73. The fourth-order valence-corrected chi connectivity index (χ4v) is 3.72. The lowest BCUT2D eigenvalue weighted by Crippen LogP contribution is -2.49. The summed E-state index contributed by atoms with van der Waals surface area (Å²) < 4.78 is 0. The van der Waals surface area contributed by atoms with Crippen LogP contribution in [-0.2, 0) is 4.79 Å². The number of nitrogens with zero attached hydrogens (tertiary/aromatic N) is 3. The molecule has 1 saturated heterocycles. The third-order valence-electron chi connectivity index (χ3n) is 5.12. The zero-order valence-electron chi connectivity index (χ0n) is 16.5. The summed E-state index contributed by atoms with van der Waals surface area (Å²) in [6, 6.07) is 18.2. The second-order valence-corrected chi connectivity index (χ2v) is 7.58. The number of carbonyl (C=O) groups excluding carboxylic acids is 1. The molecule has 0 aliphatic carbocycles. The normalized spacial score (nSPS) is 14.7. The molecule has 1 heterocycles. The predicted octanol–water partition coefficient (Wildman–Crippen LogP) is 3.10. The molecule has 0 spiro atoms. The molecule has 0 radical (unpaired) electrons. The first-order valence-electron chi connectivity index (χ1n) is 9.88. The van der Waals surface area contributed by atoms with Crippen LogP contribution in [0.15, 0.2) is 54.6 Å². The highest BCUT2D eigenvalue weighted by Gasteiger charge is 2.20. The summed E-state index contributed by atoms with van der Waals surface area (Å²) in [4.78, 5) is 18.9. The molecule has 2 aromatic carbocycles. The molecule has 2 aromatic rings. The third kappa shape index (κ3) is 5.88. The predicted molar refractivity (Wildman–Crippen MR) is 117 cm³/mol. The van der Waals surface area contributed by atoms with E-state index in [1.54, 1.807) is 0 Å². The van der Waals surface area contributed by atoms with Crippen LogP contribution in [0.2, 0.25) is 5.02 Å². The molecule has 1 amide bonds. The van der Waals surface area contributed by atoms with Crippen molar-refractivity contribution in [3.05, 3.63) is 59.6 Å². The topological polar surface area (TPSA) is 38.8 Å². The molecule has 150 valence electrons. The lowest BCUT2D eigenvalue weighted by molar-refractivity contribution is -0.122. The van der Waals surface area contributed by atoms with Crippen LogP contribution in [0.4, 0.5) is 11.4 Å². The first-order chi connectivity index (χ1) is 13.6. The van der Waals surface area contributed by atoms with Gasteiger partial charge < -0.3 is 15.1 Å². The maximum atomic E-state index is 12.2. The van der Waals surface area contributed by atoms with Crippen molar-refractivity contribution < 1.29 is 4.79 Å². The van der Waals surface area contributed by atoms with Crippen molar-refractivity contribution in [2.24, 2.45) is 0 Å². The number of rotatable bonds is 8. The van der Waals surface area contributed by atoms with Crippen LogP contribution in [0.5, 0.6) is 0 Å². The zero-order chi connectivity index (χ0) is 19.8. The second-order valence-electron chi connectivity index (χ2n) is 7.18. The van der Waals surface area contributed by atoms with Crippen LogP contribution in [0.3, 0.4) is 0 Å². The standard InChI is InChI=1S/C22H29ClN4O/c1-25(19-8-3-2-4-9-19)13-7-12-24-22(28)18-26-14-16-27(17-15-26)21-11-6-5-10-20(21)23/h2-6,8-11H,7,12-18H2,1H3,(H,24,28). The number of halogens is 1. The summed E-state index contributed by atoms with van der Waals surface area (Å²) in [5, 5.41) is 3.83. The number of hydrogen-bond acceptors (Lipinski definition) is 4. The molecular formula is C22H29ClN4O. The van der Waals surface area contributed by atoms with E-state index in [1.165, 1.54) is 5.69 Å². The first kappa shape index (κ1) is 20.5. The number of nitrogens with one attached hydrogen (secondary N) is 1. The van der Waals surface area contributed by atoms with E-state index in [4.69, 9.17) is 11.6 Å². The molecule has 28 heavy (non-hydrogen) atoms. The highest BCUT2D eigenvalue weighted by molar-refractivity contribution is 6.33. The Morgan fingerprint density at radius 3 is 2.43 bits per heavy atom. The number of amides is 1. The Balaban J connectivity index is 1.32. The van der Waals surface area contributed by atoms with Crippen LogP contribution in [0.1, 0.15) is 6.42 Å². The van der Waals surface area contributed by atoms with E-state index in [1.807, 2.05) is 36.4 Å². The fourth-order valence-electron chi connectivity index (χ4n) is 3.47. The van der Waals surface area contributed by atoms with Crippen LogP contribution in [0, 0.1) is 0 Å². The SMILES string of the molecule is CN(CCCNC(=O)CN1CCN(c2ccccc2Cl)CC1)c1ccccc1. The minimum Gasteiger partial charge on any atom is -0.375 e. The van der Waals surface area contributed by atoms with Crippen LogP contribution >= 0.6 is 11.6 Å². The lowest BCUT2D eigenvalue weighted by Gasteiger charge is -2.36. The molecule has 1 aliphatic rings. The summed E-state index contributed by atoms with van der Waals surface area (Å²) in [5.74, 6) is 0.105. The van der Waals surface area contributed by atoms with Gasteiger partial charge in [0, 0.05) is 52.0 Å². The molecule has 0 saturated carbocycles. The second kappa shape index (κ2) is 10.3. The van der Waals surface area contributed by atoms with Crippen molar-refractivity contribution in [3.8, 4) is 0 Å². The average molecular weight is 401 g/mol. The minimum atomic E-state index is 0.105. The maximum Gasteiger partial charge on any atom is 0.234 e. The van der Waals surface area contributed by atoms with Gasteiger partial charge in [0.2, 0.25) is 5.91 Å². The van der Waals surface area contributed by atoms with Gasteiger partial charge in [0.1, 0.15) is 0 Å². The molecule has 1 aliphatic heterocycles. The van der Waals surface area contributed by atoms with Gasteiger partial charge in [-0.2, -0.15) is 0 Å².